The number of hydrogen-bond acceptors (Lipinski definition) is 2. The highest BCUT2D eigenvalue weighted by molar-refractivity contribution is 6.30. The largest absolute Gasteiger partial charge is 0.329 e. The normalized spacial score (nSPS) is 11.3. The Bertz CT molecular complexity index is 870. The first-order valence-corrected chi connectivity index (χ1v) is 8.02. The van der Waals surface area contributed by atoms with E-state index in [0.29, 0.717) is 10.7 Å². The molecule has 4 nitrogen and oxygen atoms in total. The molecule has 2 N–H and O–H groups in total. The van der Waals surface area contributed by atoms with Crippen LogP contribution in [-0.4, -0.2) is 11.0 Å². The number of carbonyl (C=O) groups excluding carboxylic acids is 1. The van der Waals surface area contributed by atoms with Gasteiger partial charge in [-0.15, -0.1) is 0 Å². The van der Waals surface area contributed by atoms with Gasteiger partial charge in [0.15, 0.2) is 0 Å². The third-order valence-electron chi connectivity index (χ3n) is 3.87. The topological polar surface area (TPSA) is 54.0 Å². The molecule has 3 aromatic rings. The van der Waals surface area contributed by atoms with Gasteiger partial charge in [0.2, 0.25) is 0 Å². The maximum Gasteiger partial charge on any atom is 0.319 e. The number of benzene rings is 2. The molecule has 0 saturated heterocycles. The number of halogens is 1. The lowest BCUT2D eigenvalue weighted by atomic mass is 9.94. The first-order chi connectivity index (χ1) is 11.5. The Kier molecular flexibility index (Phi) is 4.40. The lowest BCUT2D eigenvalue weighted by Gasteiger charge is -2.27. The van der Waals surface area contributed by atoms with E-state index in [4.69, 9.17) is 11.6 Å². The van der Waals surface area contributed by atoms with Crippen molar-refractivity contribution in [2.24, 2.45) is 0 Å². The van der Waals surface area contributed by atoms with Crippen molar-refractivity contribution in [2.75, 3.05) is 5.32 Å². The molecule has 0 saturated carbocycles. The summed E-state index contributed by atoms with van der Waals surface area (Å²) in [4.78, 5) is 16.8. The van der Waals surface area contributed by atoms with Crippen LogP contribution in [0.5, 0.6) is 0 Å². The molecular weight excluding hydrogens is 322 g/mol. The van der Waals surface area contributed by atoms with Crippen LogP contribution in [0.3, 0.4) is 0 Å². The molecule has 3 rings (SSSR count). The lowest BCUT2D eigenvalue weighted by Crippen LogP contribution is -2.43. The van der Waals surface area contributed by atoms with Crippen molar-refractivity contribution in [3.8, 4) is 0 Å². The summed E-state index contributed by atoms with van der Waals surface area (Å²) in [5.41, 5.74) is 1.88. The molecule has 122 valence electrons. The van der Waals surface area contributed by atoms with E-state index in [-0.39, 0.29) is 6.03 Å². The first kappa shape index (κ1) is 16.3. The summed E-state index contributed by atoms with van der Waals surface area (Å²) < 4.78 is 0. The maximum absolute atomic E-state index is 12.4. The third-order valence-corrected chi connectivity index (χ3v) is 4.12. The molecule has 0 aliphatic rings. The highest BCUT2D eigenvalue weighted by atomic mass is 35.5. The highest BCUT2D eigenvalue weighted by Crippen LogP contribution is 2.23. The molecular formula is C19H18ClN3O. The van der Waals surface area contributed by atoms with Gasteiger partial charge in [-0.25, -0.2) is 4.79 Å². The fraction of sp³-hybridized carbons (Fsp3) is 0.158. The number of anilines is 1. The number of nitrogens with zero attached hydrogens (tertiary/aromatic N) is 1. The molecule has 0 atom stereocenters. The molecule has 0 radical (unpaired) electrons. The number of fused-ring (bicyclic) bond motifs is 1. The van der Waals surface area contributed by atoms with Crippen molar-refractivity contribution >= 4 is 34.2 Å². The second-order valence-electron chi connectivity index (χ2n) is 6.09. The van der Waals surface area contributed by atoms with Crippen LogP contribution < -0.4 is 10.6 Å². The van der Waals surface area contributed by atoms with E-state index in [2.05, 4.69) is 15.6 Å². The maximum atomic E-state index is 12.4. The van der Waals surface area contributed by atoms with Crippen molar-refractivity contribution in [2.45, 2.75) is 19.4 Å². The number of pyridine rings is 1. The van der Waals surface area contributed by atoms with Crippen molar-refractivity contribution < 1.29 is 4.79 Å². The SMILES string of the molecule is CC(C)(NC(=O)Nc1cccc2cccnc12)c1ccc(Cl)cc1. The van der Waals surface area contributed by atoms with Crippen molar-refractivity contribution in [1.82, 2.24) is 10.3 Å². The van der Waals surface area contributed by atoms with Gasteiger partial charge in [0.05, 0.1) is 16.7 Å². The predicted octanol–water partition coefficient (Wildman–Crippen LogP) is 4.95. The zero-order valence-corrected chi connectivity index (χ0v) is 14.3. The number of aromatic nitrogens is 1. The molecule has 2 amide bonds. The second kappa shape index (κ2) is 6.49. The van der Waals surface area contributed by atoms with Crippen LogP contribution in [0.15, 0.2) is 60.8 Å². The molecule has 0 aliphatic carbocycles. The van der Waals surface area contributed by atoms with E-state index in [0.717, 1.165) is 16.5 Å². The minimum atomic E-state index is -0.535. The average Bonchev–Trinajstić information content (AvgIpc) is 2.55. The Morgan fingerprint density at radius 3 is 2.50 bits per heavy atom. The number of hydrogen-bond donors (Lipinski definition) is 2. The average molecular weight is 340 g/mol. The number of amides is 2. The molecule has 24 heavy (non-hydrogen) atoms. The third kappa shape index (κ3) is 3.49. The van der Waals surface area contributed by atoms with E-state index in [1.54, 1.807) is 6.20 Å². The molecule has 5 heteroatoms. The Balaban J connectivity index is 1.78. The fourth-order valence-corrected chi connectivity index (χ4v) is 2.71. The van der Waals surface area contributed by atoms with E-state index in [9.17, 15) is 4.79 Å². The van der Waals surface area contributed by atoms with Crippen LogP contribution >= 0.6 is 11.6 Å². The zero-order chi connectivity index (χ0) is 17.2. The Hall–Kier alpha value is -2.59. The smallest absolute Gasteiger partial charge is 0.319 e. The van der Waals surface area contributed by atoms with Crippen LogP contribution in [0.1, 0.15) is 19.4 Å². The molecule has 0 bridgehead atoms. The Morgan fingerprint density at radius 1 is 1.04 bits per heavy atom. The van der Waals surface area contributed by atoms with Gasteiger partial charge in [0.25, 0.3) is 0 Å². The van der Waals surface area contributed by atoms with Crippen LogP contribution in [-0.2, 0) is 5.54 Å². The predicted molar refractivity (Wildman–Crippen MR) is 98.4 cm³/mol. The minimum Gasteiger partial charge on any atom is -0.329 e. The van der Waals surface area contributed by atoms with Crippen LogP contribution in [0.2, 0.25) is 5.02 Å². The van der Waals surface area contributed by atoms with E-state index in [1.807, 2.05) is 68.4 Å². The summed E-state index contributed by atoms with van der Waals surface area (Å²) in [5, 5.41) is 7.51. The highest BCUT2D eigenvalue weighted by Gasteiger charge is 2.23. The van der Waals surface area contributed by atoms with Crippen LogP contribution in [0, 0.1) is 0 Å². The summed E-state index contributed by atoms with van der Waals surface area (Å²) >= 11 is 5.92. The zero-order valence-electron chi connectivity index (χ0n) is 13.5. The molecule has 0 aliphatic heterocycles. The van der Waals surface area contributed by atoms with Crippen molar-refractivity contribution in [3.63, 3.8) is 0 Å². The summed E-state index contributed by atoms with van der Waals surface area (Å²) in [5.74, 6) is 0. The van der Waals surface area contributed by atoms with Gasteiger partial charge in [-0.05, 0) is 43.7 Å². The Morgan fingerprint density at radius 2 is 1.75 bits per heavy atom. The van der Waals surface area contributed by atoms with Crippen LogP contribution in [0.4, 0.5) is 10.5 Å². The lowest BCUT2D eigenvalue weighted by molar-refractivity contribution is 0.242. The summed E-state index contributed by atoms with van der Waals surface area (Å²) in [6, 6.07) is 16.7. The minimum absolute atomic E-state index is 0.284. The standard InChI is InChI=1S/C19H18ClN3O/c1-19(2,14-8-10-15(20)11-9-14)23-18(24)22-16-7-3-5-13-6-4-12-21-17(13)16/h3-12H,1-2H3,(H2,22,23,24). The van der Waals surface area contributed by atoms with Crippen LogP contribution in [0.25, 0.3) is 10.9 Å². The van der Waals surface area contributed by atoms with Gasteiger partial charge in [-0.1, -0.05) is 41.9 Å². The van der Waals surface area contributed by atoms with Gasteiger partial charge in [-0.2, -0.15) is 0 Å². The van der Waals surface area contributed by atoms with Gasteiger partial charge < -0.3 is 10.6 Å². The quantitative estimate of drug-likeness (QED) is 0.709. The Labute approximate surface area is 145 Å². The second-order valence-corrected chi connectivity index (χ2v) is 6.53. The fourth-order valence-electron chi connectivity index (χ4n) is 2.58. The van der Waals surface area contributed by atoms with Gasteiger partial charge in [0, 0.05) is 16.6 Å². The van der Waals surface area contributed by atoms with Gasteiger partial charge >= 0.3 is 6.03 Å². The molecule has 0 fully saturated rings. The number of carbonyl (C=O) groups is 1. The van der Waals surface area contributed by atoms with Crippen molar-refractivity contribution in [3.05, 3.63) is 71.4 Å². The van der Waals surface area contributed by atoms with E-state index in [1.165, 1.54) is 0 Å². The monoisotopic (exact) mass is 339 g/mol. The summed E-state index contributed by atoms with van der Waals surface area (Å²) in [7, 11) is 0. The number of rotatable bonds is 3. The molecule has 0 spiro atoms. The molecule has 1 aromatic heterocycles. The molecule has 1 heterocycles. The number of para-hydroxylation sites is 1. The summed E-state index contributed by atoms with van der Waals surface area (Å²) in [6.07, 6.45) is 1.71. The van der Waals surface area contributed by atoms with Crippen molar-refractivity contribution in [1.29, 1.82) is 0 Å². The first-order valence-electron chi connectivity index (χ1n) is 7.65. The number of nitrogens with one attached hydrogen (secondary N) is 2. The molecule has 2 aromatic carbocycles. The molecule has 0 unspecified atom stereocenters. The van der Waals surface area contributed by atoms with Gasteiger partial charge in [-0.3, -0.25) is 4.98 Å². The van der Waals surface area contributed by atoms with E-state index < -0.39 is 5.54 Å². The summed E-state index contributed by atoms with van der Waals surface area (Å²) in [6.45, 7) is 3.88. The number of urea groups is 1. The van der Waals surface area contributed by atoms with E-state index >= 15 is 0 Å². The van der Waals surface area contributed by atoms with Gasteiger partial charge in [0.1, 0.15) is 0 Å².